The molecule has 108 valence electrons. The highest BCUT2D eigenvalue weighted by Crippen LogP contribution is 2.11. The fourth-order valence-electron chi connectivity index (χ4n) is 0.861. The van der Waals surface area contributed by atoms with Gasteiger partial charge in [0.1, 0.15) is 0 Å². The zero-order valence-electron chi connectivity index (χ0n) is 9.33. The summed E-state index contributed by atoms with van der Waals surface area (Å²) in [5, 5.41) is 14.9. The van der Waals surface area contributed by atoms with E-state index in [1.165, 1.54) is 6.20 Å². The van der Waals surface area contributed by atoms with Crippen LogP contribution in [0.4, 0.5) is 4.79 Å². The van der Waals surface area contributed by atoms with E-state index in [-0.39, 0.29) is 11.0 Å². The molecule has 5 N–H and O–H groups in total. The van der Waals surface area contributed by atoms with E-state index in [2.05, 4.69) is 35.5 Å². The number of urea groups is 1. The van der Waals surface area contributed by atoms with Crippen molar-refractivity contribution < 1.29 is 21.6 Å². The molecule has 15 heteroatoms. The van der Waals surface area contributed by atoms with Gasteiger partial charge < -0.3 is 10.7 Å². The number of primary amides is 1. The quantitative estimate of drug-likeness (QED) is 0.470. The number of aromatic nitrogens is 5. The van der Waals surface area contributed by atoms with Gasteiger partial charge in [-0.15, -0.1) is 10.2 Å². The lowest BCUT2D eigenvalue weighted by Gasteiger charge is -1.98. The maximum atomic E-state index is 10.8. The molecule has 0 atom stereocenters. The number of H-pyrrole nitrogens is 1. The van der Waals surface area contributed by atoms with Crippen LogP contribution >= 0.6 is 0 Å². The SMILES string of the molecule is NC(=O)N=S(=O)=O.NS(=O)(=O)c1ncc2nnnc-2[nH]1. The number of fused-ring (bicyclic) bond motifs is 1. The van der Waals surface area contributed by atoms with Gasteiger partial charge in [-0.1, -0.05) is 4.36 Å². The molecule has 0 spiro atoms. The number of nitrogens with zero attached hydrogens (tertiary/aromatic N) is 5. The van der Waals surface area contributed by atoms with Crippen LogP contribution in [0.25, 0.3) is 11.5 Å². The first-order valence-corrected chi connectivity index (χ1v) is 6.95. The zero-order valence-corrected chi connectivity index (χ0v) is 11.0. The standard InChI is InChI=1S/C4H4N6O2S.CH2N2O3S/c5-13(11,12)4-6-1-2-3(7-4)9-10-8-2;2-1(4)3-7(5)6/h1H,(H2,5,11,12)(H,6,7,8,9,10);(H2,2,4). The topological polar surface area (TPSA) is 217 Å². The average Bonchev–Trinajstić information content (AvgIpc) is 2.73. The third kappa shape index (κ3) is 4.63. The van der Waals surface area contributed by atoms with Crippen molar-refractivity contribution in [2.75, 3.05) is 0 Å². The van der Waals surface area contributed by atoms with Gasteiger partial charge in [-0.2, -0.15) is 8.42 Å². The van der Waals surface area contributed by atoms with Crippen LogP contribution in [0, 0.1) is 0 Å². The largest absolute Gasteiger partial charge is 0.353 e. The molecule has 0 unspecified atom stereocenters. The maximum Gasteiger partial charge on any atom is 0.353 e. The van der Waals surface area contributed by atoms with E-state index in [9.17, 15) is 21.6 Å². The summed E-state index contributed by atoms with van der Waals surface area (Å²) < 4.78 is 42.6. The number of amides is 2. The van der Waals surface area contributed by atoms with Crippen LogP contribution in [0.1, 0.15) is 0 Å². The van der Waals surface area contributed by atoms with Crippen LogP contribution < -0.4 is 10.9 Å². The second-order valence-electron chi connectivity index (χ2n) is 2.90. The predicted octanol–water partition coefficient (Wildman–Crippen LogP) is -2.53. The molecule has 0 aromatic heterocycles. The van der Waals surface area contributed by atoms with Gasteiger partial charge in [0.2, 0.25) is 5.16 Å². The molecule has 13 nitrogen and oxygen atoms in total. The summed E-state index contributed by atoms with van der Waals surface area (Å²) in [5.41, 5.74) is 4.68. The number of carbonyl (C=O) groups is 1. The smallest absolute Gasteiger partial charge is 0.349 e. The van der Waals surface area contributed by atoms with Crippen LogP contribution in [0.3, 0.4) is 0 Å². The number of carbonyl (C=O) groups excluding carboxylic acids is 1. The summed E-state index contributed by atoms with van der Waals surface area (Å²) in [7, 11) is -6.53. The lowest BCUT2D eigenvalue weighted by molar-refractivity contribution is 0.257. The molecule has 0 bridgehead atoms. The van der Waals surface area contributed by atoms with Gasteiger partial charge in [0.15, 0.2) is 11.5 Å². The molecule has 0 aromatic carbocycles. The van der Waals surface area contributed by atoms with Crippen LogP contribution in [-0.2, 0) is 20.5 Å². The van der Waals surface area contributed by atoms with Crippen LogP contribution in [0.2, 0.25) is 0 Å². The van der Waals surface area contributed by atoms with E-state index >= 15 is 0 Å². The molecular weight excluding hydrogens is 316 g/mol. The minimum atomic E-state index is -3.83. The molecule has 2 aliphatic heterocycles. The van der Waals surface area contributed by atoms with Crippen molar-refractivity contribution in [3.05, 3.63) is 6.20 Å². The molecule has 0 saturated carbocycles. The maximum absolute atomic E-state index is 10.8. The van der Waals surface area contributed by atoms with E-state index in [4.69, 9.17) is 5.14 Å². The van der Waals surface area contributed by atoms with Crippen molar-refractivity contribution in [1.82, 2.24) is 25.4 Å². The fraction of sp³-hybridized carbons (Fsp3) is 0. The van der Waals surface area contributed by atoms with Crippen molar-refractivity contribution in [3.8, 4) is 11.5 Å². The Morgan fingerprint density at radius 3 is 2.45 bits per heavy atom. The first kappa shape index (κ1) is 15.5. The molecule has 2 heterocycles. The second-order valence-corrected chi connectivity index (χ2v) is 5.00. The van der Waals surface area contributed by atoms with Gasteiger partial charge in [0.25, 0.3) is 10.0 Å². The normalized spacial score (nSPS) is 10.4. The Hall–Kier alpha value is -2.52. The Kier molecular flexibility index (Phi) is 4.73. The summed E-state index contributed by atoms with van der Waals surface area (Å²) in [6.07, 6.45) is 1.23. The summed E-state index contributed by atoms with van der Waals surface area (Å²) in [6, 6.07) is -1.20. The predicted molar refractivity (Wildman–Crippen MR) is 60.9 cm³/mol. The van der Waals surface area contributed by atoms with E-state index in [1.54, 1.807) is 0 Å². The third-order valence-corrected chi connectivity index (χ3v) is 2.58. The van der Waals surface area contributed by atoms with Crippen LogP contribution in [-0.4, -0.2) is 48.2 Å². The second kappa shape index (κ2) is 6.08. The lowest BCUT2D eigenvalue weighted by Crippen LogP contribution is -2.16. The summed E-state index contributed by atoms with van der Waals surface area (Å²) in [5.74, 6) is 0.235. The summed E-state index contributed by atoms with van der Waals surface area (Å²) in [4.78, 5) is 15.4. The number of primary sulfonamides is 1. The Bertz CT molecular complexity index is 815. The minimum absolute atomic E-state index is 0.235. The van der Waals surface area contributed by atoms with Gasteiger partial charge in [-0.25, -0.2) is 23.3 Å². The molecule has 0 aromatic rings. The van der Waals surface area contributed by atoms with Gasteiger partial charge >= 0.3 is 16.5 Å². The van der Waals surface area contributed by atoms with Crippen molar-refractivity contribution in [1.29, 1.82) is 0 Å². The highest BCUT2D eigenvalue weighted by atomic mass is 32.2. The van der Waals surface area contributed by atoms with Gasteiger partial charge in [0.05, 0.1) is 6.20 Å². The van der Waals surface area contributed by atoms with Crippen molar-refractivity contribution in [2.45, 2.75) is 5.16 Å². The molecule has 2 amide bonds. The third-order valence-electron chi connectivity index (χ3n) is 1.50. The molecular formula is C5H6N8O5S2. The number of nitrogens with two attached hydrogens (primary N) is 2. The highest BCUT2D eigenvalue weighted by molar-refractivity contribution is 7.89. The molecule has 2 rings (SSSR count). The first-order chi connectivity index (χ1) is 9.20. The lowest BCUT2D eigenvalue weighted by atomic mass is 10.4. The van der Waals surface area contributed by atoms with Crippen LogP contribution in [0.5, 0.6) is 0 Å². The Morgan fingerprint density at radius 1 is 1.35 bits per heavy atom. The van der Waals surface area contributed by atoms with Crippen molar-refractivity contribution >= 4 is 26.6 Å². The molecule has 20 heavy (non-hydrogen) atoms. The molecule has 0 fully saturated rings. The molecule has 2 aliphatic rings. The zero-order chi connectivity index (χ0) is 15.3. The van der Waals surface area contributed by atoms with E-state index in [0.717, 1.165) is 0 Å². The Morgan fingerprint density at radius 2 is 2.00 bits per heavy atom. The number of sulfonamides is 1. The number of hydrogen-bond donors (Lipinski definition) is 3. The number of rotatable bonds is 1. The summed E-state index contributed by atoms with van der Waals surface area (Å²) >= 11 is 0. The number of hydrogen-bond acceptors (Lipinski definition) is 9. The fourth-order valence-corrected chi connectivity index (χ4v) is 1.45. The highest BCUT2D eigenvalue weighted by Gasteiger charge is 2.15. The Balaban J connectivity index is 0.000000246. The average molecular weight is 322 g/mol. The Labute approximate surface area is 112 Å². The number of aromatic amines is 1. The van der Waals surface area contributed by atoms with Gasteiger partial charge in [-0.3, -0.25) is 0 Å². The van der Waals surface area contributed by atoms with E-state index < -0.39 is 26.6 Å². The van der Waals surface area contributed by atoms with Crippen molar-refractivity contribution in [3.63, 3.8) is 0 Å². The first-order valence-electron chi connectivity index (χ1n) is 4.37. The molecule has 0 aliphatic carbocycles. The molecule has 0 radical (unpaired) electrons. The van der Waals surface area contributed by atoms with E-state index in [1.807, 2.05) is 0 Å². The monoisotopic (exact) mass is 322 g/mol. The number of nitrogens with one attached hydrogen (secondary N) is 1. The molecule has 0 saturated heterocycles. The minimum Gasteiger partial charge on any atom is -0.349 e. The summed E-state index contributed by atoms with van der Waals surface area (Å²) in [6.45, 7) is 0. The van der Waals surface area contributed by atoms with E-state index in [0.29, 0.717) is 5.69 Å². The van der Waals surface area contributed by atoms with Crippen LogP contribution in [0.15, 0.2) is 15.7 Å². The van der Waals surface area contributed by atoms with Gasteiger partial charge in [0, 0.05) is 0 Å². The van der Waals surface area contributed by atoms with Crippen molar-refractivity contribution in [2.24, 2.45) is 15.2 Å². The van der Waals surface area contributed by atoms with Gasteiger partial charge in [-0.05, 0) is 5.21 Å².